The minimum atomic E-state index is -0.422. The van der Waals surface area contributed by atoms with Crippen molar-refractivity contribution in [2.24, 2.45) is 5.73 Å². The molecule has 0 radical (unpaired) electrons. The van der Waals surface area contributed by atoms with Crippen LogP contribution in [0.1, 0.15) is 18.4 Å². The van der Waals surface area contributed by atoms with Crippen LogP contribution in [0.3, 0.4) is 0 Å². The van der Waals surface area contributed by atoms with Gasteiger partial charge in [0.1, 0.15) is 13.2 Å². The Morgan fingerprint density at radius 2 is 2.18 bits per heavy atom. The maximum atomic E-state index is 14.2. The SMILES string of the molecule is COc1cc2c(c(C(C)CN)c1F)OCCO2. The number of hydrogen-bond acceptors (Lipinski definition) is 4. The van der Waals surface area contributed by atoms with Gasteiger partial charge in [-0.2, -0.15) is 0 Å². The maximum Gasteiger partial charge on any atom is 0.172 e. The van der Waals surface area contributed by atoms with Crippen molar-refractivity contribution in [3.05, 3.63) is 17.4 Å². The van der Waals surface area contributed by atoms with E-state index in [0.717, 1.165) is 0 Å². The van der Waals surface area contributed by atoms with E-state index in [1.165, 1.54) is 13.2 Å². The van der Waals surface area contributed by atoms with Gasteiger partial charge in [0.05, 0.1) is 7.11 Å². The molecule has 0 amide bonds. The molecule has 1 aromatic carbocycles. The molecular weight excluding hydrogens is 225 g/mol. The van der Waals surface area contributed by atoms with Crippen LogP contribution in [0.15, 0.2) is 6.07 Å². The Bertz CT molecular complexity index is 423. The molecular formula is C12H16FNO3. The second-order valence-corrected chi connectivity index (χ2v) is 3.97. The number of hydrogen-bond donors (Lipinski definition) is 1. The molecule has 2 rings (SSSR count). The van der Waals surface area contributed by atoms with E-state index < -0.39 is 5.82 Å². The van der Waals surface area contributed by atoms with Crippen LogP contribution in [0.5, 0.6) is 17.2 Å². The fourth-order valence-corrected chi connectivity index (χ4v) is 1.87. The van der Waals surface area contributed by atoms with Gasteiger partial charge in [-0.1, -0.05) is 6.92 Å². The summed E-state index contributed by atoms with van der Waals surface area (Å²) in [5.74, 6) is 0.553. The third kappa shape index (κ3) is 2.02. The van der Waals surface area contributed by atoms with E-state index in [0.29, 0.717) is 36.8 Å². The summed E-state index contributed by atoms with van der Waals surface area (Å²) in [5.41, 5.74) is 6.03. The highest BCUT2D eigenvalue weighted by Crippen LogP contribution is 2.43. The molecule has 4 nitrogen and oxygen atoms in total. The first kappa shape index (κ1) is 12.0. The molecule has 1 unspecified atom stereocenters. The van der Waals surface area contributed by atoms with Crippen molar-refractivity contribution in [2.45, 2.75) is 12.8 Å². The van der Waals surface area contributed by atoms with Gasteiger partial charge >= 0.3 is 0 Å². The minimum Gasteiger partial charge on any atom is -0.494 e. The predicted molar refractivity (Wildman–Crippen MR) is 61.4 cm³/mol. The van der Waals surface area contributed by atoms with Gasteiger partial charge in [0.15, 0.2) is 23.1 Å². The smallest absolute Gasteiger partial charge is 0.172 e. The highest BCUT2D eigenvalue weighted by molar-refractivity contribution is 5.55. The second-order valence-electron chi connectivity index (χ2n) is 3.97. The van der Waals surface area contributed by atoms with Gasteiger partial charge in [0.2, 0.25) is 0 Å². The topological polar surface area (TPSA) is 53.7 Å². The van der Waals surface area contributed by atoms with Crippen molar-refractivity contribution in [3.63, 3.8) is 0 Å². The second kappa shape index (κ2) is 4.79. The highest BCUT2D eigenvalue weighted by atomic mass is 19.1. The Kier molecular flexibility index (Phi) is 3.38. The van der Waals surface area contributed by atoms with Crippen molar-refractivity contribution < 1.29 is 18.6 Å². The van der Waals surface area contributed by atoms with Crippen LogP contribution in [0.4, 0.5) is 4.39 Å². The van der Waals surface area contributed by atoms with E-state index in [9.17, 15) is 4.39 Å². The Hall–Kier alpha value is -1.49. The van der Waals surface area contributed by atoms with Gasteiger partial charge in [0.25, 0.3) is 0 Å². The molecule has 17 heavy (non-hydrogen) atoms. The fraction of sp³-hybridized carbons (Fsp3) is 0.500. The van der Waals surface area contributed by atoms with Gasteiger partial charge in [-0.15, -0.1) is 0 Å². The zero-order chi connectivity index (χ0) is 12.4. The van der Waals surface area contributed by atoms with Crippen LogP contribution in [0.25, 0.3) is 0 Å². The van der Waals surface area contributed by atoms with Crippen molar-refractivity contribution in [1.29, 1.82) is 0 Å². The molecule has 0 aliphatic carbocycles. The van der Waals surface area contributed by atoms with Crippen LogP contribution < -0.4 is 19.9 Å². The van der Waals surface area contributed by atoms with Gasteiger partial charge in [-0.25, -0.2) is 4.39 Å². The Labute approximate surface area is 99.5 Å². The molecule has 1 heterocycles. The van der Waals surface area contributed by atoms with Crippen LogP contribution in [0.2, 0.25) is 0 Å². The lowest BCUT2D eigenvalue weighted by Crippen LogP contribution is -2.20. The third-order valence-electron chi connectivity index (χ3n) is 2.84. The number of halogens is 1. The summed E-state index contributed by atoms with van der Waals surface area (Å²) in [5, 5.41) is 0. The van der Waals surface area contributed by atoms with Crippen LogP contribution >= 0.6 is 0 Å². The molecule has 0 spiro atoms. The van der Waals surface area contributed by atoms with E-state index in [1.54, 1.807) is 0 Å². The summed E-state index contributed by atoms with van der Waals surface area (Å²) in [6, 6.07) is 1.51. The number of benzene rings is 1. The van der Waals surface area contributed by atoms with Crippen LogP contribution in [-0.2, 0) is 0 Å². The quantitative estimate of drug-likeness (QED) is 0.874. The van der Waals surface area contributed by atoms with Gasteiger partial charge in [-0.3, -0.25) is 0 Å². The van der Waals surface area contributed by atoms with Crippen molar-refractivity contribution in [2.75, 3.05) is 26.9 Å². The number of fused-ring (bicyclic) bond motifs is 1. The Morgan fingerprint density at radius 3 is 2.82 bits per heavy atom. The zero-order valence-corrected chi connectivity index (χ0v) is 9.96. The molecule has 0 fully saturated rings. The van der Waals surface area contributed by atoms with Crippen LogP contribution in [-0.4, -0.2) is 26.9 Å². The predicted octanol–water partition coefficient (Wildman–Crippen LogP) is 1.67. The third-order valence-corrected chi connectivity index (χ3v) is 2.84. The number of rotatable bonds is 3. The number of nitrogens with two attached hydrogens (primary N) is 1. The molecule has 0 saturated heterocycles. The molecule has 1 aliphatic heterocycles. The number of ether oxygens (including phenoxy) is 3. The van der Waals surface area contributed by atoms with Gasteiger partial charge < -0.3 is 19.9 Å². The molecule has 5 heteroatoms. The normalized spacial score (nSPS) is 15.5. The van der Waals surface area contributed by atoms with E-state index in [2.05, 4.69) is 0 Å². The molecule has 0 saturated carbocycles. The molecule has 1 atom stereocenters. The molecule has 0 bridgehead atoms. The first-order valence-corrected chi connectivity index (χ1v) is 5.55. The lowest BCUT2D eigenvalue weighted by Gasteiger charge is -2.24. The van der Waals surface area contributed by atoms with Crippen LogP contribution in [0, 0.1) is 5.82 Å². The monoisotopic (exact) mass is 241 g/mol. The van der Waals surface area contributed by atoms with E-state index in [4.69, 9.17) is 19.9 Å². The van der Waals surface area contributed by atoms with E-state index >= 15 is 0 Å². The van der Waals surface area contributed by atoms with Gasteiger partial charge in [-0.05, 0) is 6.54 Å². The summed E-state index contributed by atoms with van der Waals surface area (Å²) in [6.45, 7) is 3.05. The lowest BCUT2D eigenvalue weighted by molar-refractivity contribution is 0.167. The molecule has 94 valence electrons. The van der Waals surface area contributed by atoms with Gasteiger partial charge in [0, 0.05) is 17.5 Å². The summed E-state index contributed by atoms with van der Waals surface area (Å²) in [6.07, 6.45) is 0. The first-order valence-electron chi connectivity index (χ1n) is 5.55. The maximum absolute atomic E-state index is 14.2. The molecule has 1 aromatic rings. The summed E-state index contributed by atoms with van der Waals surface area (Å²) in [4.78, 5) is 0. The average molecular weight is 241 g/mol. The Balaban J connectivity index is 2.59. The minimum absolute atomic E-state index is 0.152. The average Bonchev–Trinajstić information content (AvgIpc) is 2.37. The van der Waals surface area contributed by atoms with Crippen molar-refractivity contribution >= 4 is 0 Å². The Morgan fingerprint density at radius 1 is 1.47 bits per heavy atom. The summed E-state index contributed by atoms with van der Waals surface area (Å²) >= 11 is 0. The fourth-order valence-electron chi connectivity index (χ4n) is 1.87. The highest BCUT2D eigenvalue weighted by Gasteiger charge is 2.26. The number of methoxy groups -OCH3 is 1. The zero-order valence-electron chi connectivity index (χ0n) is 9.96. The van der Waals surface area contributed by atoms with E-state index in [-0.39, 0.29) is 11.7 Å². The largest absolute Gasteiger partial charge is 0.494 e. The molecule has 2 N–H and O–H groups in total. The summed E-state index contributed by atoms with van der Waals surface area (Å²) < 4.78 is 30.1. The van der Waals surface area contributed by atoms with E-state index in [1.807, 2.05) is 6.92 Å². The van der Waals surface area contributed by atoms with Crippen molar-refractivity contribution in [3.8, 4) is 17.2 Å². The lowest BCUT2D eigenvalue weighted by atomic mass is 9.98. The van der Waals surface area contributed by atoms with Crippen molar-refractivity contribution in [1.82, 2.24) is 0 Å². The molecule has 1 aliphatic rings. The standard InChI is InChI=1S/C12H16FNO3/c1-7(6-14)10-11(13)8(15-2)5-9-12(10)17-4-3-16-9/h5,7H,3-4,6,14H2,1-2H3. The first-order chi connectivity index (χ1) is 8.19. The summed E-state index contributed by atoms with van der Waals surface area (Å²) in [7, 11) is 1.42. The molecule has 0 aromatic heterocycles.